The van der Waals surface area contributed by atoms with Gasteiger partial charge < -0.3 is 10.4 Å². The fraction of sp³-hybridized carbons (Fsp3) is 0.130. The fourth-order valence-electron chi connectivity index (χ4n) is 2.71. The lowest BCUT2D eigenvalue weighted by atomic mass is 10.1. The standard InChI is InChI=1S/C22H18F2N2O2S2.CH3F/c1-29-14-6-4-5-13(11-14)20-12-18(19(30-20)10-9-16(25)21(23)24)26-17-8-3-2-7-15(17)22(27)28;1-2/h2-12,21,25-26H,1H3,(H,27,28);1H3/b10-9+,25-16?;. The summed E-state index contributed by atoms with van der Waals surface area (Å²) < 4.78 is 34.9. The molecule has 0 radical (unpaired) electrons. The number of thioether (sulfide) groups is 1. The van der Waals surface area contributed by atoms with Crippen LogP contribution >= 0.6 is 23.1 Å². The molecule has 9 heteroatoms. The number of hydrogen-bond acceptors (Lipinski definition) is 5. The molecule has 0 aliphatic rings. The van der Waals surface area contributed by atoms with Crippen molar-refractivity contribution >= 4 is 52.2 Å². The molecule has 0 saturated heterocycles. The Hall–Kier alpha value is -3.04. The zero-order chi connectivity index (χ0) is 23.7. The van der Waals surface area contributed by atoms with Crippen molar-refractivity contribution in [1.29, 1.82) is 5.41 Å². The minimum Gasteiger partial charge on any atom is -0.478 e. The van der Waals surface area contributed by atoms with Crippen LogP contribution in [0.3, 0.4) is 0 Å². The quantitative estimate of drug-likeness (QED) is 0.232. The van der Waals surface area contributed by atoms with E-state index in [1.165, 1.54) is 23.5 Å². The second kappa shape index (κ2) is 12.1. The number of nitrogens with one attached hydrogen (secondary N) is 2. The van der Waals surface area contributed by atoms with Gasteiger partial charge in [-0.25, -0.2) is 13.6 Å². The fourth-order valence-corrected chi connectivity index (χ4v) is 4.18. The van der Waals surface area contributed by atoms with Crippen LogP contribution in [-0.4, -0.2) is 36.6 Å². The Morgan fingerprint density at radius 2 is 1.84 bits per heavy atom. The van der Waals surface area contributed by atoms with Crippen LogP contribution in [0.15, 0.2) is 65.6 Å². The Morgan fingerprint density at radius 1 is 1.12 bits per heavy atom. The van der Waals surface area contributed by atoms with E-state index in [-0.39, 0.29) is 5.56 Å². The zero-order valence-corrected chi connectivity index (χ0v) is 18.9. The number of aromatic carboxylic acids is 1. The summed E-state index contributed by atoms with van der Waals surface area (Å²) in [6.07, 6.45) is 1.63. The van der Waals surface area contributed by atoms with Gasteiger partial charge in [-0.05, 0) is 54.3 Å². The van der Waals surface area contributed by atoms with E-state index >= 15 is 0 Å². The maximum atomic E-state index is 12.7. The third-order valence-corrected chi connectivity index (χ3v) is 6.07. The van der Waals surface area contributed by atoms with Crippen molar-refractivity contribution in [1.82, 2.24) is 0 Å². The second-order valence-corrected chi connectivity index (χ2v) is 8.15. The number of anilines is 2. The Labute approximate surface area is 192 Å². The molecule has 0 unspecified atom stereocenters. The largest absolute Gasteiger partial charge is 0.478 e. The Balaban J connectivity index is 0.00000176. The van der Waals surface area contributed by atoms with Gasteiger partial charge in [0, 0.05) is 9.77 Å². The van der Waals surface area contributed by atoms with Gasteiger partial charge in [0.25, 0.3) is 6.43 Å². The van der Waals surface area contributed by atoms with Gasteiger partial charge in [0.1, 0.15) is 0 Å². The first kappa shape index (κ1) is 25.2. The molecular formula is C23H21F3N2O2S2. The highest BCUT2D eigenvalue weighted by atomic mass is 32.2. The molecule has 0 aliphatic heterocycles. The molecular weight excluding hydrogens is 457 g/mol. The van der Waals surface area contributed by atoms with Gasteiger partial charge in [-0.2, -0.15) is 0 Å². The number of para-hydroxylation sites is 1. The molecule has 0 spiro atoms. The average molecular weight is 479 g/mol. The third kappa shape index (κ3) is 6.48. The van der Waals surface area contributed by atoms with E-state index < -0.39 is 18.1 Å². The summed E-state index contributed by atoms with van der Waals surface area (Å²) in [5.41, 5.74) is 1.25. The van der Waals surface area contributed by atoms with Gasteiger partial charge in [-0.3, -0.25) is 9.80 Å². The topological polar surface area (TPSA) is 73.2 Å². The Morgan fingerprint density at radius 3 is 2.50 bits per heavy atom. The summed E-state index contributed by atoms with van der Waals surface area (Å²) in [5, 5.41) is 19.9. The van der Waals surface area contributed by atoms with Gasteiger partial charge in [-0.15, -0.1) is 23.1 Å². The van der Waals surface area contributed by atoms with Gasteiger partial charge in [0.15, 0.2) is 0 Å². The lowest BCUT2D eigenvalue weighted by molar-refractivity contribution is 0.0698. The third-order valence-electron chi connectivity index (χ3n) is 4.19. The number of benzene rings is 2. The number of carboxylic acids is 1. The minimum atomic E-state index is -2.86. The molecule has 4 nitrogen and oxygen atoms in total. The van der Waals surface area contributed by atoms with E-state index in [9.17, 15) is 23.1 Å². The lowest BCUT2D eigenvalue weighted by Gasteiger charge is -2.09. The monoisotopic (exact) mass is 478 g/mol. The van der Waals surface area contributed by atoms with Gasteiger partial charge in [0.05, 0.1) is 34.7 Å². The van der Waals surface area contributed by atoms with Crippen LogP contribution in [0.25, 0.3) is 16.5 Å². The first-order chi connectivity index (χ1) is 15.4. The highest BCUT2D eigenvalue weighted by Crippen LogP contribution is 2.38. The van der Waals surface area contributed by atoms with Crippen LogP contribution in [0, 0.1) is 5.41 Å². The number of rotatable bonds is 8. The number of hydrogen-bond donors (Lipinski definition) is 3. The summed E-state index contributed by atoms with van der Waals surface area (Å²) in [5.74, 6) is -1.07. The summed E-state index contributed by atoms with van der Waals surface area (Å²) in [4.78, 5) is 14.1. The number of alkyl halides is 3. The summed E-state index contributed by atoms with van der Waals surface area (Å²) >= 11 is 2.98. The Kier molecular flexibility index (Phi) is 9.55. The molecule has 1 aromatic heterocycles. The smallest absolute Gasteiger partial charge is 0.337 e. The van der Waals surface area contributed by atoms with Crippen molar-refractivity contribution < 1.29 is 23.1 Å². The highest BCUT2D eigenvalue weighted by Gasteiger charge is 2.15. The van der Waals surface area contributed by atoms with E-state index in [1.54, 1.807) is 30.0 Å². The van der Waals surface area contributed by atoms with Crippen molar-refractivity contribution in [3.63, 3.8) is 0 Å². The van der Waals surface area contributed by atoms with E-state index in [2.05, 4.69) is 5.32 Å². The van der Waals surface area contributed by atoms with Crippen LogP contribution in [0.2, 0.25) is 0 Å². The number of thiophene rings is 1. The van der Waals surface area contributed by atoms with Crippen molar-refractivity contribution in [2.75, 3.05) is 18.8 Å². The molecule has 3 N–H and O–H groups in total. The predicted octanol–water partition coefficient (Wildman–Crippen LogP) is 7.46. The number of allylic oxidation sites excluding steroid dienone is 1. The first-order valence-electron chi connectivity index (χ1n) is 9.19. The van der Waals surface area contributed by atoms with Crippen LogP contribution < -0.4 is 5.32 Å². The second-order valence-electron chi connectivity index (χ2n) is 6.19. The molecule has 168 valence electrons. The number of halogens is 3. The molecule has 0 saturated carbocycles. The molecule has 0 atom stereocenters. The molecule has 0 aliphatic carbocycles. The van der Waals surface area contributed by atoms with Gasteiger partial charge in [-0.1, -0.05) is 24.3 Å². The SMILES string of the molecule is CF.CSc1cccc(-c2cc(Nc3ccccc3C(=O)O)c(/C=C/C(=N)C(F)F)s2)c1. The molecule has 3 aromatic rings. The molecule has 0 amide bonds. The first-order valence-corrected chi connectivity index (χ1v) is 11.2. The van der Waals surface area contributed by atoms with Crippen molar-refractivity contribution in [2.45, 2.75) is 11.3 Å². The summed E-state index contributed by atoms with van der Waals surface area (Å²) in [6, 6.07) is 16.2. The highest BCUT2D eigenvalue weighted by molar-refractivity contribution is 7.98. The number of carboxylic acid groups (broad SMARTS) is 1. The lowest BCUT2D eigenvalue weighted by Crippen LogP contribution is -2.04. The van der Waals surface area contributed by atoms with E-state index in [1.807, 2.05) is 36.6 Å². The molecule has 0 bridgehead atoms. The van der Waals surface area contributed by atoms with Crippen molar-refractivity contribution in [3.8, 4) is 10.4 Å². The summed E-state index contributed by atoms with van der Waals surface area (Å²) in [7, 11) is 0.500. The maximum Gasteiger partial charge on any atom is 0.337 e. The van der Waals surface area contributed by atoms with Crippen LogP contribution in [-0.2, 0) is 0 Å². The van der Waals surface area contributed by atoms with Crippen LogP contribution in [0.5, 0.6) is 0 Å². The summed E-state index contributed by atoms with van der Waals surface area (Å²) in [6.45, 7) is 0. The molecule has 3 rings (SSSR count). The van der Waals surface area contributed by atoms with Gasteiger partial charge >= 0.3 is 5.97 Å². The van der Waals surface area contributed by atoms with Crippen molar-refractivity contribution in [3.05, 3.63) is 71.1 Å². The van der Waals surface area contributed by atoms with Crippen LogP contribution in [0.1, 0.15) is 15.2 Å². The predicted molar refractivity (Wildman–Crippen MR) is 128 cm³/mol. The number of carbonyl (C=O) groups is 1. The molecule has 1 heterocycles. The van der Waals surface area contributed by atoms with Gasteiger partial charge in [0.2, 0.25) is 0 Å². The average Bonchev–Trinajstić information content (AvgIpc) is 3.21. The normalized spacial score (nSPS) is 10.7. The van der Waals surface area contributed by atoms with Crippen LogP contribution in [0.4, 0.5) is 24.5 Å². The Bertz CT molecular complexity index is 1110. The molecule has 2 aromatic carbocycles. The van der Waals surface area contributed by atoms with E-state index in [4.69, 9.17) is 5.41 Å². The van der Waals surface area contributed by atoms with Crippen molar-refractivity contribution in [2.24, 2.45) is 0 Å². The van der Waals surface area contributed by atoms with E-state index in [0.717, 1.165) is 21.4 Å². The maximum absolute atomic E-state index is 12.7. The minimum absolute atomic E-state index is 0.102. The zero-order valence-electron chi connectivity index (χ0n) is 17.2. The molecule has 0 fully saturated rings. The van der Waals surface area contributed by atoms with E-state index in [0.29, 0.717) is 23.4 Å². The molecule has 32 heavy (non-hydrogen) atoms.